The van der Waals surface area contributed by atoms with Crippen molar-refractivity contribution in [1.29, 1.82) is 0 Å². The molecule has 72 heavy (non-hydrogen) atoms. The SMILES string of the molecule is C[n+]1ccc(Nc2ccc(NC(=O)c3ccc(Nc4ccnc5cc(N)ccc45)cc3)cc2)cc1.C[n+]1ccc(Nc2ccc(NC(=O)c3ccc(Nc4ccnc5cc([N+](=O)[O-])ccc45)cc3)cc2)cc1. The average Bonchev–Trinajstić information content (AvgIpc) is 3.39. The maximum absolute atomic E-state index is 12.7. The van der Waals surface area contributed by atoms with Gasteiger partial charge in [-0.05, 0) is 133 Å². The number of non-ortho nitro benzene ring substituents is 1. The van der Waals surface area contributed by atoms with Gasteiger partial charge in [0.15, 0.2) is 24.8 Å². The zero-order valence-electron chi connectivity index (χ0n) is 39.1. The van der Waals surface area contributed by atoms with Crippen molar-refractivity contribution in [1.82, 2.24) is 9.97 Å². The Morgan fingerprint density at radius 1 is 0.458 bits per heavy atom. The first-order valence-electron chi connectivity index (χ1n) is 22.7. The van der Waals surface area contributed by atoms with E-state index in [2.05, 4.69) is 41.9 Å². The summed E-state index contributed by atoms with van der Waals surface area (Å²) in [5, 5.41) is 32.0. The molecule has 4 aromatic heterocycles. The molecule has 0 bridgehead atoms. The Morgan fingerprint density at radius 3 is 1.25 bits per heavy atom. The number of hydrogen-bond donors (Lipinski definition) is 7. The second-order valence-corrected chi connectivity index (χ2v) is 16.7. The van der Waals surface area contributed by atoms with Crippen LogP contribution in [0.4, 0.5) is 68.2 Å². The van der Waals surface area contributed by atoms with Gasteiger partial charge in [0.1, 0.15) is 14.1 Å². The van der Waals surface area contributed by atoms with Gasteiger partial charge in [-0.1, -0.05) is 0 Å². The number of nitro benzene ring substituents is 1. The molecule has 16 heteroatoms. The van der Waals surface area contributed by atoms with Crippen LogP contribution in [0.2, 0.25) is 0 Å². The van der Waals surface area contributed by atoms with E-state index in [1.165, 1.54) is 12.1 Å². The van der Waals surface area contributed by atoms with Crippen LogP contribution in [0.25, 0.3) is 21.8 Å². The first-order chi connectivity index (χ1) is 35.0. The molecule has 16 nitrogen and oxygen atoms in total. The fourth-order valence-corrected chi connectivity index (χ4v) is 7.54. The molecular formula is C56H48N12O4+2. The highest BCUT2D eigenvalue weighted by Gasteiger charge is 2.12. The smallest absolute Gasteiger partial charge is 0.271 e. The Balaban J connectivity index is 0.000000178. The molecule has 4 heterocycles. The average molecular weight is 953 g/mol. The van der Waals surface area contributed by atoms with Crippen molar-refractivity contribution in [2.24, 2.45) is 14.1 Å². The van der Waals surface area contributed by atoms with E-state index in [1.807, 2.05) is 157 Å². The van der Waals surface area contributed by atoms with Crippen molar-refractivity contribution < 1.29 is 23.6 Å². The van der Waals surface area contributed by atoms with Crippen LogP contribution in [0.5, 0.6) is 0 Å². The van der Waals surface area contributed by atoms with Crippen LogP contribution in [0.1, 0.15) is 20.7 Å². The maximum atomic E-state index is 12.7. The number of aryl methyl sites for hydroxylation is 2. The van der Waals surface area contributed by atoms with Crippen molar-refractivity contribution >= 4 is 102 Å². The lowest BCUT2D eigenvalue weighted by Crippen LogP contribution is -2.25. The third-order valence-corrected chi connectivity index (χ3v) is 11.4. The van der Waals surface area contributed by atoms with E-state index in [0.717, 1.165) is 67.5 Å². The molecule has 0 saturated heterocycles. The summed E-state index contributed by atoms with van der Waals surface area (Å²) in [6, 6.07) is 51.4. The molecule has 0 aliphatic heterocycles. The zero-order chi connectivity index (χ0) is 50.0. The molecule has 0 saturated carbocycles. The van der Waals surface area contributed by atoms with Crippen LogP contribution < -0.4 is 46.8 Å². The normalized spacial score (nSPS) is 10.6. The number of rotatable bonds is 13. The van der Waals surface area contributed by atoms with E-state index < -0.39 is 4.92 Å². The molecule has 354 valence electrons. The van der Waals surface area contributed by atoms with Crippen LogP contribution in [0.15, 0.2) is 207 Å². The summed E-state index contributed by atoms with van der Waals surface area (Å²) in [5.74, 6) is -0.387. The van der Waals surface area contributed by atoms with Gasteiger partial charge in [0.05, 0.1) is 27.3 Å². The van der Waals surface area contributed by atoms with Crippen molar-refractivity contribution in [3.05, 3.63) is 228 Å². The second kappa shape index (κ2) is 21.4. The highest BCUT2D eigenvalue weighted by Crippen LogP contribution is 2.30. The number of benzene rings is 6. The van der Waals surface area contributed by atoms with E-state index >= 15 is 0 Å². The number of nitrogens with zero attached hydrogens (tertiary/aromatic N) is 5. The fraction of sp³-hybridized carbons (Fsp3) is 0.0357. The molecule has 0 unspecified atom stereocenters. The number of anilines is 11. The van der Waals surface area contributed by atoms with Gasteiger partial charge in [-0.15, -0.1) is 0 Å². The standard InChI is InChI=1S/C28H22N6O3.C28H24N6O/c1-33-16-13-23(14-17-33)30-20-6-8-22(9-7-20)32-28(35)19-2-4-21(5-3-19)31-26-12-15-29-27-18-24(34(36)37)10-11-25(26)27;1-34-16-13-24(14-17-34)31-21-7-9-23(10-8-21)33-28(35)19-2-5-22(6-3-19)32-26-12-15-30-27-18-20(29)4-11-25(26)27/h2-18H,1H3,(H2,29,31,32,35);2-18H,1H3,(H4,29,30,32,33,35)/p+2. The van der Waals surface area contributed by atoms with Crippen molar-refractivity contribution in [2.75, 3.05) is 37.6 Å². The highest BCUT2D eigenvalue weighted by molar-refractivity contribution is 6.05. The number of nitro groups is 1. The number of aromatic nitrogens is 4. The lowest BCUT2D eigenvalue weighted by Gasteiger charge is -2.11. The zero-order valence-corrected chi connectivity index (χ0v) is 39.1. The van der Waals surface area contributed by atoms with Crippen molar-refractivity contribution in [3.63, 3.8) is 0 Å². The predicted molar refractivity (Wildman–Crippen MR) is 285 cm³/mol. The first kappa shape index (κ1) is 46.9. The number of carbonyl (C=O) groups is 2. The molecule has 2 amide bonds. The summed E-state index contributed by atoms with van der Waals surface area (Å²) in [4.78, 5) is 44.7. The molecule has 0 atom stereocenters. The van der Waals surface area contributed by atoms with Crippen molar-refractivity contribution in [2.45, 2.75) is 0 Å². The second-order valence-electron chi connectivity index (χ2n) is 16.7. The lowest BCUT2D eigenvalue weighted by atomic mass is 10.1. The minimum absolute atomic E-state index is 0.0103. The third kappa shape index (κ3) is 11.9. The molecule has 0 aliphatic carbocycles. The largest absolute Gasteiger partial charge is 0.399 e. The molecule has 10 rings (SSSR count). The molecular weight excluding hydrogens is 905 g/mol. The summed E-state index contributed by atoms with van der Waals surface area (Å²) in [6.45, 7) is 0. The monoisotopic (exact) mass is 952 g/mol. The van der Waals surface area contributed by atoms with Gasteiger partial charge >= 0.3 is 0 Å². The quantitative estimate of drug-likeness (QED) is 0.0250. The van der Waals surface area contributed by atoms with Crippen LogP contribution >= 0.6 is 0 Å². The fourth-order valence-electron chi connectivity index (χ4n) is 7.54. The van der Waals surface area contributed by atoms with Gasteiger partial charge < -0.3 is 37.6 Å². The Hall–Kier alpha value is -10.2. The molecule has 6 aromatic carbocycles. The van der Waals surface area contributed by atoms with Gasteiger partial charge in [-0.25, -0.2) is 9.13 Å². The minimum Gasteiger partial charge on any atom is -0.399 e. The predicted octanol–water partition coefficient (Wildman–Crippen LogP) is 11.1. The van der Waals surface area contributed by atoms with Crippen LogP contribution in [0.3, 0.4) is 0 Å². The van der Waals surface area contributed by atoms with Gasteiger partial charge in [0.2, 0.25) is 0 Å². The minimum atomic E-state index is -0.443. The van der Waals surface area contributed by atoms with Crippen LogP contribution in [-0.2, 0) is 14.1 Å². The first-order valence-corrected chi connectivity index (χ1v) is 22.7. The number of carbonyl (C=O) groups excluding carboxylic acids is 2. The molecule has 0 spiro atoms. The highest BCUT2D eigenvalue weighted by atomic mass is 16.6. The van der Waals surface area contributed by atoms with E-state index in [0.29, 0.717) is 28.0 Å². The van der Waals surface area contributed by atoms with Gasteiger partial charge in [0.25, 0.3) is 17.5 Å². The van der Waals surface area contributed by atoms with E-state index in [1.54, 1.807) is 60.9 Å². The number of nitrogen functional groups attached to an aromatic ring is 1. The van der Waals surface area contributed by atoms with Crippen LogP contribution in [-0.4, -0.2) is 26.7 Å². The molecule has 0 aliphatic rings. The maximum Gasteiger partial charge on any atom is 0.271 e. The summed E-state index contributed by atoms with van der Waals surface area (Å²) < 4.78 is 3.94. The third-order valence-electron chi connectivity index (χ3n) is 11.4. The molecule has 0 fully saturated rings. The lowest BCUT2D eigenvalue weighted by molar-refractivity contribution is -0.671. The van der Waals surface area contributed by atoms with Crippen molar-refractivity contribution in [3.8, 4) is 0 Å². The number of hydrogen-bond acceptors (Lipinski definition) is 11. The number of nitrogens with one attached hydrogen (secondary N) is 6. The van der Waals surface area contributed by atoms with E-state index in [-0.39, 0.29) is 17.5 Å². The topological polar surface area (TPSA) is 209 Å². The summed E-state index contributed by atoms with van der Waals surface area (Å²) in [7, 11) is 3.94. The molecule has 8 N–H and O–H groups in total. The summed E-state index contributed by atoms with van der Waals surface area (Å²) in [6.07, 6.45) is 11.2. The number of amides is 2. The number of nitrogens with two attached hydrogens (primary N) is 1. The number of fused-ring (bicyclic) bond motifs is 2. The Bertz CT molecular complexity index is 3540. The van der Waals surface area contributed by atoms with E-state index in [4.69, 9.17) is 5.73 Å². The number of pyridine rings is 4. The summed E-state index contributed by atoms with van der Waals surface area (Å²) >= 11 is 0. The van der Waals surface area contributed by atoms with E-state index in [9.17, 15) is 19.7 Å². The molecule has 0 radical (unpaired) electrons. The Morgan fingerprint density at radius 2 is 0.819 bits per heavy atom. The van der Waals surface area contributed by atoms with Crippen LogP contribution in [0, 0.1) is 10.1 Å². The summed E-state index contributed by atoms with van der Waals surface area (Å²) in [5.41, 5.74) is 17.5. The van der Waals surface area contributed by atoms with Gasteiger partial charge in [-0.3, -0.25) is 29.7 Å². The Labute approximate surface area is 414 Å². The Kier molecular flexibility index (Phi) is 13.9. The van der Waals surface area contributed by atoms with Gasteiger partial charge in [0, 0.05) is 122 Å². The molecule has 10 aromatic rings. The van der Waals surface area contributed by atoms with Gasteiger partial charge in [-0.2, -0.15) is 0 Å².